The number of hydrogen-bond acceptors (Lipinski definition) is 4. The lowest BCUT2D eigenvalue weighted by Crippen LogP contribution is -2.25. The van der Waals surface area contributed by atoms with Crippen molar-refractivity contribution in [3.8, 4) is 0 Å². The number of rotatable bonds is 10. The number of carbonyl (C=O) groups excluding carboxylic acids is 2. The summed E-state index contributed by atoms with van der Waals surface area (Å²) in [4.78, 5) is 25.2. The van der Waals surface area contributed by atoms with Crippen LogP contribution in [0.3, 0.4) is 0 Å². The molecule has 0 bridgehead atoms. The van der Waals surface area contributed by atoms with Crippen molar-refractivity contribution in [1.82, 2.24) is 0 Å². The molecule has 1 atom stereocenters. The quantitative estimate of drug-likeness (QED) is 0.470. The zero-order valence-electron chi connectivity index (χ0n) is 16.9. The molecule has 0 radical (unpaired) electrons. The van der Waals surface area contributed by atoms with Gasteiger partial charge in [0.1, 0.15) is 0 Å². The summed E-state index contributed by atoms with van der Waals surface area (Å²) < 4.78 is 5.38. The van der Waals surface area contributed by atoms with E-state index in [-0.39, 0.29) is 23.6 Å². The number of esters is 1. The number of hydrogen-bond donors (Lipinski definition) is 1. The minimum Gasteiger partial charge on any atom is -0.465 e. The Morgan fingerprint density at radius 1 is 1.07 bits per heavy atom. The van der Waals surface area contributed by atoms with Gasteiger partial charge >= 0.3 is 5.97 Å². The highest BCUT2D eigenvalue weighted by Crippen LogP contribution is 2.31. The number of nitrogens with two attached hydrogens (primary N) is 1. The van der Waals surface area contributed by atoms with Crippen molar-refractivity contribution in [2.24, 2.45) is 17.6 Å². The van der Waals surface area contributed by atoms with Gasteiger partial charge in [0.15, 0.2) is 5.78 Å². The van der Waals surface area contributed by atoms with Crippen LogP contribution in [0.4, 0.5) is 0 Å². The third kappa shape index (κ3) is 6.17. The van der Waals surface area contributed by atoms with Crippen molar-refractivity contribution in [2.75, 3.05) is 13.2 Å². The van der Waals surface area contributed by atoms with Crippen LogP contribution < -0.4 is 5.73 Å². The molecule has 4 heteroatoms. The predicted octanol–water partition coefficient (Wildman–Crippen LogP) is 4.86. The Balaban J connectivity index is 2.04. The molecule has 2 N–H and O–H groups in total. The summed E-state index contributed by atoms with van der Waals surface area (Å²) in [6.07, 6.45) is 7.61. The van der Waals surface area contributed by atoms with E-state index >= 15 is 0 Å². The molecule has 2 rings (SSSR count). The van der Waals surface area contributed by atoms with E-state index in [1.54, 1.807) is 0 Å². The number of ketones is 1. The van der Waals surface area contributed by atoms with Crippen LogP contribution in [0.25, 0.3) is 0 Å². The molecule has 150 valence electrons. The largest absolute Gasteiger partial charge is 0.465 e. The molecule has 4 nitrogen and oxygen atoms in total. The molecule has 1 aliphatic rings. The zero-order chi connectivity index (χ0) is 19.6. The highest BCUT2D eigenvalue weighted by molar-refractivity contribution is 5.98. The molecule has 0 aliphatic heterocycles. The molecule has 1 aliphatic carbocycles. The molecule has 0 saturated heterocycles. The lowest BCUT2D eigenvalue weighted by atomic mass is 9.78. The van der Waals surface area contributed by atoms with Gasteiger partial charge in [0.25, 0.3) is 0 Å². The van der Waals surface area contributed by atoms with E-state index < -0.39 is 0 Å². The average Bonchev–Trinajstić information content (AvgIpc) is 2.72. The fourth-order valence-corrected chi connectivity index (χ4v) is 3.91. The summed E-state index contributed by atoms with van der Waals surface area (Å²) in [5.74, 6) is 0.537. The van der Waals surface area contributed by atoms with E-state index in [1.807, 2.05) is 31.2 Å². The monoisotopic (exact) mass is 373 g/mol. The van der Waals surface area contributed by atoms with Gasteiger partial charge in [-0.2, -0.15) is 0 Å². The van der Waals surface area contributed by atoms with Gasteiger partial charge in [-0.25, -0.2) is 0 Å². The summed E-state index contributed by atoms with van der Waals surface area (Å²) in [6, 6.07) is 7.65. The number of unbranched alkanes of at least 4 members (excludes halogenated alkanes) is 1. The normalized spacial score (nSPS) is 20.9. The van der Waals surface area contributed by atoms with Gasteiger partial charge in [0.2, 0.25) is 0 Å². The Bertz CT molecular complexity index is 588. The van der Waals surface area contributed by atoms with E-state index in [1.165, 1.54) is 0 Å². The second-order valence-corrected chi connectivity index (χ2v) is 7.80. The summed E-state index contributed by atoms with van der Waals surface area (Å²) in [6.45, 7) is 5.30. The topological polar surface area (TPSA) is 69.4 Å². The molecule has 1 saturated carbocycles. The van der Waals surface area contributed by atoms with E-state index in [2.05, 4.69) is 6.92 Å². The zero-order valence-corrected chi connectivity index (χ0v) is 16.9. The Morgan fingerprint density at radius 3 is 2.30 bits per heavy atom. The van der Waals surface area contributed by atoms with E-state index in [4.69, 9.17) is 10.5 Å². The van der Waals surface area contributed by atoms with Gasteiger partial charge in [-0.05, 0) is 56.6 Å². The molecule has 0 heterocycles. The third-order valence-corrected chi connectivity index (χ3v) is 5.73. The van der Waals surface area contributed by atoms with Crippen LogP contribution in [0.15, 0.2) is 24.3 Å². The van der Waals surface area contributed by atoms with Gasteiger partial charge in [-0.3, -0.25) is 9.59 Å². The maximum Gasteiger partial charge on any atom is 0.313 e. The maximum absolute atomic E-state index is 12.8. The van der Waals surface area contributed by atoms with Crippen LogP contribution >= 0.6 is 0 Å². The van der Waals surface area contributed by atoms with Gasteiger partial charge in [0.05, 0.1) is 12.5 Å². The first kappa shape index (κ1) is 21.6. The molecular weight excluding hydrogens is 338 g/mol. The molecule has 27 heavy (non-hydrogen) atoms. The highest BCUT2D eigenvalue weighted by atomic mass is 16.5. The second-order valence-electron chi connectivity index (χ2n) is 7.80. The summed E-state index contributed by atoms with van der Waals surface area (Å²) in [5, 5.41) is 0. The Labute approximate surface area is 163 Å². The summed E-state index contributed by atoms with van der Waals surface area (Å²) >= 11 is 0. The number of ether oxygens (including phenoxy) is 1. The van der Waals surface area contributed by atoms with Crippen LogP contribution in [0.5, 0.6) is 0 Å². The van der Waals surface area contributed by atoms with Crippen molar-refractivity contribution in [3.63, 3.8) is 0 Å². The molecule has 1 unspecified atom stereocenters. The maximum atomic E-state index is 12.8. The number of benzene rings is 1. The second kappa shape index (κ2) is 11.2. The molecular formula is C23H35NO3. The van der Waals surface area contributed by atoms with E-state index in [0.717, 1.165) is 69.0 Å². The molecule has 0 spiro atoms. The minimum absolute atomic E-state index is 0.115. The fourth-order valence-electron chi connectivity index (χ4n) is 3.91. The highest BCUT2D eigenvalue weighted by Gasteiger charge is 2.27. The van der Waals surface area contributed by atoms with Crippen LogP contribution in [0.2, 0.25) is 0 Å². The average molecular weight is 374 g/mol. The van der Waals surface area contributed by atoms with E-state index in [0.29, 0.717) is 12.5 Å². The lowest BCUT2D eigenvalue weighted by Gasteiger charge is -2.26. The molecule has 1 aromatic carbocycles. The van der Waals surface area contributed by atoms with Crippen molar-refractivity contribution < 1.29 is 14.3 Å². The number of carbonyl (C=O) groups is 2. The summed E-state index contributed by atoms with van der Waals surface area (Å²) in [7, 11) is 0. The minimum atomic E-state index is -0.236. The Morgan fingerprint density at radius 2 is 1.74 bits per heavy atom. The van der Waals surface area contributed by atoms with Crippen molar-refractivity contribution in [2.45, 2.75) is 71.1 Å². The van der Waals surface area contributed by atoms with Crippen LogP contribution in [-0.2, 0) is 9.53 Å². The standard InChI is InChI=1S/C23H35NO3/c1-3-5-6-21(23(26)27-15-4-2)18-11-13-20(14-12-18)22(25)19-9-7-17(16-24)8-10-19/h11-14,17,19,21H,3-10,15-16,24H2,1-2H3. The predicted molar refractivity (Wildman–Crippen MR) is 109 cm³/mol. The van der Waals surface area contributed by atoms with Gasteiger partial charge in [-0.1, -0.05) is 51.0 Å². The van der Waals surface area contributed by atoms with Crippen LogP contribution in [0.1, 0.15) is 87.1 Å². The van der Waals surface area contributed by atoms with Gasteiger partial charge in [-0.15, -0.1) is 0 Å². The molecule has 0 aromatic heterocycles. The van der Waals surface area contributed by atoms with Crippen LogP contribution in [0, 0.1) is 11.8 Å². The first-order valence-corrected chi connectivity index (χ1v) is 10.6. The molecule has 0 amide bonds. The Kier molecular flexibility index (Phi) is 8.99. The lowest BCUT2D eigenvalue weighted by molar-refractivity contribution is -0.145. The fraction of sp³-hybridized carbons (Fsp3) is 0.652. The first-order valence-electron chi connectivity index (χ1n) is 10.6. The van der Waals surface area contributed by atoms with Crippen molar-refractivity contribution in [1.29, 1.82) is 0 Å². The SMILES string of the molecule is CCCCC(C(=O)OCCC)c1ccc(C(=O)C2CCC(CN)CC2)cc1. The summed E-state index contributed by atoms with van der Waals surface area (Å²) in [5.41, 5.74) is 7.46. The van der Waals surface area contributed by atoms with Crippen molar-refractivity contribution in [3.05, 3.63) is 35.4 Å². The van der Waals surface area contributed by atoms with Gasteiger partial charge < -0.3 is 10.5 Å². The van der Waals surface area contributed by atoms with Crippen molar-refractivity contribution >= 4 is 11.8 Å². The number of Topliss-reactive ketones (excluding diaryl/α,β-unsaturated/α-hetero) is 1. The molecule has 1 fully saturated rings. The Hall–Kier alpha value is -1.68. The van der Waals surface area contributed by atoms with Gasteiger partial charge in [0, 0.05) is 11.5 Å². The first-order chi connectivity index (χ1) is 13.1. The molecule has 1 aromatic rings. The smallest absolute Gasteiger partial charge is 0.313 e. The third-order valence-electron chi connectivity index (χ3n) is 5.73. The van der Waals surface area contributed by atoms with Crippen LogP contribution in [-0.4, -0.2) is 24.9 Å². The van der Waals surface area contributed by atoms with E-state index in [9.17, 15) is 9.59 Å².